The van der Waals surface area contributed by atoms with Crippen molar-refractivity contribution in [2.45, 2.75) is 46.6 Å². The lowest BCUT2D eigenvalue weighted by molar-refractivity contribution is 0.137. The number of hydrogen-bond donors (Lipinski definition) is 0. The zero-order valence-electron chi connectivity index (χ0n) is 8.54. The molecule has 0 fully saturated rings. The highest BCUT2D eigenvalue weighted by Crippen LogP contribution is 2.18. The van der Waals surface area contributed by atoms with E-state index in [2.05, 4.69) is 44.3 Å². The standard InChI is InChI=1S/C9H19O.Al.ClH/c1-5-9(10)8(4)6-7(2)3;;/h7-9H,5-6H2,1-4H3;;1H/q-1;+1;. The van der Waals surface area contributed by atoms with Crippen LogP contribution in [-0.2, 0) is 3.79 Å². The summed E-state index contributed by atoms with van der Waals surface area (Å²) in [7, 11) is 0. The molecule has 12 heavy (non-hydrogen) atoms. The van der Waals surface area contributed by atoms with E-state index >= 15 is 0 Å². The van der Waals surface area contributed by atoms with Crippen LogP contribution >= 0.6 is 12.4 Å². The van der Waals surface area contributed by atoms with E-state index in [1.54, 1.807) is 0 Å². The molecule has 0 aromatic carbocycles. The maximum atomic E-state index is 5.28. The van der Waals surface area contributed by atoms with E-state index in [1.807, 2.05) is 0 Å². The first-order valence-electron chi connectivity index (χ1n) is 4.47. The average Bonchev–Trinajstić information content (AvgIpc) is 1.88. The fourth-order valence-electron chi connectivity index (χ4n) is 1.53. The predicted molar refractivity (Wildman–Crippen MR) is 56.8 cm³/mol. The summed E-state index contributed by atoms with van der Waals surface area (Å²) in [5, 5.41) is 0. The first-order valence-corrected chi connectivity index (χ1v) is 4.94. The van der Waals surface area contributed by atoms with Gasteiger partial charge in [0.1, 0.15) is 0 Å². The molecule has 0 saturated carbocycles. The van der Waals surface area contributed by atoms with Gasteiger partial charge in [0.2, 0.25) is 0 Å². The van der Waals surface area contributed by atoms with Crippen molar-refractivity contribution >= 4 is 29.0 Å². The zero-order chi connectivity index (χ0) is 8.85. The van der Waals surface area contributed by atoms with E-state index in [0.717, 1.165) is 12.3 Å². The fraction of sp³-hybridized carbons (Fsp3) is 1.00. The molecule has 2 atom stereocenters. The summed E-state index contributed by atoms with van der Waals surface area (Å²) in [5.41, 5.74) is 0. The lowest BCUT2D eigenvalue weighted by Gasteiger charge is -2.24. The van der Waals surface area contributed by atoms with Crippen molar-refractivity contribution in [3.8, 4) is 0 Å². The van der Waals surface area contributed by atoms with Gasteiger partial charge in [-0.2, -0.15) is 0 Å². The summed E-state index contributed by atoms with van der Waals surface area (Å²) in [4.78, 5) is 0. The molecule has 3 heteroatoms. The molecule has 2 radical (unpaired) electrons. The minimum atomic E-state index is 0. The van der Waals surface area contributed by atoms with Crippen LogP contribution in [0.15, 0.2) is 0 Å². The van der Waals surface area contributed by atoms with E-state index in [9.17, 15) is 0 Å². The lowest BCUT2D eigenvalue weighted by Crippen LogP contribution is -2.21. The predicted octanol–water partition coefficient (Wildman–Crippen LogP) is 2.97. The third-order valence-electron chi connectivity index (χ3n) is 2.06. The second-order valence-corrected chi connectivity index (χ2v) is 3.96. The summed E-state index contributed by atoms with van der Waals surface area (Å²) >= 11 is 2.37. The maximum absolute atomic E-state index is 5.28. The Morgan fingerprint density at radius 2 is 1.75 bits per heavy atom. The van der Waals surface area contributed by atoms with E-state index in [1.165, 1.54) is 6.42 Å². The highest BCUT2D eigenvalue weighted by Gasteiger charge is 2.13. The van der Waals surface area contributed by atoms with Crippen molar-refractivity contribution in [2.75, 3.05) is 0 Å². The summed E-state index contributed by atoms with van der Waals surface area (Å²) in [5.74, 6) is 1.46. The quantitative estimate of drug-likeness (QED) is 0.629. The van der Waals surface area contributed by atoms with Crippen molar-refractivity contribution in [3.63, 3.8) is 0 Å². The Hall–Kier alpha value is 0.782. The number of rotatable bonds is 5. The van der Waals surface area contributed by atoms with Gasteiger partial charge in [0.15, 0.2) is 0 Å². The lowest BCUT2D eigenvalue weighted by atomic mass is 9.93. The second-order valence-electron chi connectivity index (χ2n) is 3.69. The highest BCUT2D eigenvalue weighted by atomic mass is 35.5. The van der Waals surface area contributed by atoms with Crippen LogP contribution in [0.25, 0.3) is 0 Å². The van der Waals surface area contributed by atoms with Gasteiger partial charge in [0.25, 0.3) is 0 Å². The molecule has 1 nitrogen and oxygen atoms in total. The van der Waals surface area contributed by atoms with Gasteiger partial charge in [-0.05, 0) is 24.7 Å². The zero-order valence-corrected chi connectivity index (χ0v) is 10.5. The molecule has 2 unspecified atom stereocenters. The van der Waals surface area contributed by atoms with Crippen LogP contribution in [0, 0.1) is 11.8 Å². The van der Waals surface area contributed by atoms with Crippen LogP contribution in [0.2, 0.25) is 0 Å². The van der Waals surface area contributed by atoms with E-state index in [-0.39, 0.29) is 12.4 Å². The van der Waals surface area contributed by atoms with Crippen molar-refractivity contribution < 1.29 is 3.79 Å². The van der Waals surface area contributed by atoms with E-state index in [0.29, 0.717) is 12.0 Å². The Morgan fingerprint density at radius 3 is 2.00 bits per heavy atom. The second kappa shape index (κ2) is 8.38. The Balaban J connectivity index is 0. The van der Waals surface area contributed by atoms with Gasteiger partial charge in [-0.15, -0.1) is 12.4 Å². The van der Waals surface area contributed by atoms with Crippen LogP contribution in [-0.4, -0.2) is 22.7 Å². The van der Waals surface area contributed by atoms with Crippen molar-refractivity contribution in [2.24, 2.45) is 11.8 Å². The summed E-state index contributed by atoms with van der Waals surface area (Å²) in [6.45, 7) is 8.95. The molecule has 0 heterocycles. The van der Waals surface area contributed by atoms with Crippen LogP contribution in [0.4, 0.5) is 0 Å². The third kappa shape index (κ3) is 6.32. The van der Waals surface area contributed by atoms with Gasteiger partial charge < -0.3 is 3.79 Å². The molecular weight excluding hydrogens is 187 g/mol. The summed E-state index contributed by atoms with van der Waals surface area (Å²) in [6.07, 6.45) is 2.78. The molecule has 0 amide bonds. The third-order valence-corrected chi connectivity index (χ3v) is 2.40. The molecule has 72 valence electrons. The normalized spacial score (nSPS) is 15.4. The maximum Gasteiger partial charge on any atom is 0.369 e. The van der Waals surface area contributed by atoms with Crippen molar-refractivity contribution in [1.29, 1.82) is 0 Å². The van der Waals surface area contributed by atoms with Crippen LogP contribution < -0.4 is 0 Å². The number of hydrogen-bond acceptors (Lipinski definition) is 1. The van der Waals surface area contributed by atoms with Gasteiger partial charge >= 0.3 is 16.6 Å². The van der Waals surface area contributed by atoms with Crippen LogP contribution in [0.5, 0.6) is 0 Å². The molecule has 0 aromatic heterocycles. The Bertz CT molecular complexity index is 94.5. The molecule has 0 N–H and O–H groups in total. The molecule has 0 aromatic rings. The first-order chi connectivity index (χ1) is 5.11. The molecule has 0 rings (SSSR count). The van der Waals surface area contributed by atoms with Gasteiger partial charge in [0.05, 0.1) is 0 Å². The molecule has 0 bridgehead atoms. The van der Waals surface area contributed by atoms with E-state index < -0.39 is 0 Å². The average molecular weight is 207 g/mol. The monoisotopic (exact) mass is 206 g/mol. The molecule has 0 aliphatic rings. The topological polar surface area (TPSA) is 9.23 Å². The first kappa shape index (κ1) is 15.3. The van der Waals surface area contributed by atoms with Crippen molar-refractivity contribution in [1.82, 2.24) is 0 Å². The Morgan fingerprint density at radius 1 is 1.25 bits per heavy atom. The minimum absolute atomic E-state index is 0. The van der Waals surface area contributed by atoms with E-state index in [4.69, 9.17) is 3.79 Å². The van der Waals surface area contributed by atoms with Gasteiger partial charge in [-0.25, -0.2) is 0 Å². The Labute approximate surface area is 91.4 Å². The van der Waals surface area contributed by atoms with Crippen molar-refractivity contribution in [3.05, 3.63) is 0 Å². The minimum Gasteiger partial charge on any atom is -0.514 e. The molecule has 0 aliphatic carbocycles. The Kier molecular flexibility index (Phi) is 10.7. The summed E-state index contributed by atoms with van der Waals surface area (Å²) < 4.78 is 5.28. The SMILES string of the molecule is CCC([O][Al])C(C)CC(C)C.Cl. The smallest absolute Gasteiger partial charge is 0.369 e. The van der Waals surface area contributed by atoms with Crippen LogP contribution in [0.3, 0.4) is 0 Å². The van der Waals surface area contributed by atoms with Crippen LogP contribution in [0.1, 0.15) is 40.5 Å². The number of halogens is 1. The molecule has 0 aliphatic heterocycles. The van der Waals surface area contributed by atoms with Gasteiger partial charge in [-0.3, -0.25) is 0 Å². The highest BCUT2D eigenvalue weighted by molar-refractivity contribution is 5.98. The van der Waals surface area contributed by atoms with Gasteiger partial charge in [-0.1, -0.05) is 27.7 Å². The molecular formula is C9H20AlClO. The molecule has 0 saturated heterocycles. The fourth-order valence-corrected chi connectivity index (χ4v) is 1.99. The largest absolute Gasteiger partial charge is 0.514 e. The molecule has 0 spiro atoms. The summed E-state index contributed by atoms with van der Waals surface area (Å²) in [6, 6.07) is 0. The van der Waals surface area contributed by atoms with Gasteiger partial charge in [0, 0.05) is 6.10 Å².